The molecule has 0 aromatic carbocycles. The van der Waals surface area contributed by atoms with Gasteiger partial charge in [-0.25, -0.2) is 0 Å². The molecule has 2 rings (SSSR count). The van der Waals surface area contributed by atoms with Gasteiger partial charge in [0.1, 0.15) is 5.75 Å². The van der Waals surface area contributed by atoms with Crippen molar-refractivity contribution in [3.63, 3.8) is 0 Å². The summed E-state index contributed by atoms with van der Waals surface area (Å²) in [5.74, 6) is 2.75. The van der Waals surface area contributed by atoms with Crippen LogP contribution in [-0.2, 0) is 6.54 Å². The fourth-order valence-corrected chi connectivity index (χ4v) is 3.26. The topological polar surface area (TPSA) is 34.1 Å². The third kappa shape index (κ3) is 4.78. The average molecular weight is 276 g/mol. The van der Waals surface area contributed by atoms with Gasteiger partial charge < -0.3 is 10.1 Å². The molecule has 0 saturated heterocycles. The fourth-order valence-electron chi connectivity index (χ4n) is 3.26. The van der Waals surface area contributed by atoms with Crippen LogP contribution in [0.5, 0.6) is 5.75 Å². The quantitative estimate of drug-likeness (QED) is 0.804. The van der Waals surface area contributed by atoms with Gasteiger partial charge in [0.2, 0.25) is 0 Å². The smallest absolute Gasteiger partial charge is 0.122 e. The van der Waals surface area contributed by atoms with Gasteiger partial charge in [-0.15, -0.1) is 0 Å². The number of hydrogen-bond donors (Lipinski definition) is 1. The van der Waals surface area contributed by atoms with E-state index >= 15 is 0 Å². The minimum atomic E-state index is 0.834. The van der Waals surface area contributed by atoms with E-state index in [0.717, 1.165) is 42.1 Å². The molecule has 1 heterocycles. The van der Waals surface area contributed by atoms with Crippen molar-refractivity contribution in [1.82, 2.24) is 10.3 Å². The number of hydrogen-bond acceptors (Lipinski definition) is 3. The molecule has 1 N–H and O–H groups in total. The molecule has 1 aromatic rings. The van der Waals surface area contributed by atoms with Crippen molar-refractivity contribution < 1.29 is 4.74 Å². The first kappa shape index (κ1) is 15.3. The molecule has 0 amide bonds. The summed E-state index contributed by atoms with van der Waals surface area (Å²) >= 11 is 0. The molecule has 0 spiro atoms. The Morgan fingerprint density at radius 2 is 2.20 bits per heavy atom. The molecule has 112 valence electrons. The average Bonchev–Trinajstić information content (AvgIpc) is 2.43. The van der Waals surface area contributed by atoms with Crippen molar-refractivity contribution in [2.24, 2.45) is 11.8 Å². The van der Waals surface area contributed by atoms with Gasteiger partial charge in [0, 0.05) is 24.4 Å². The molecule has 1 aliphatic carbocycles. The van der Waals surface area contributed by atoms with Crippen molar-refractivity contribution in [3.8, 4) is 5.75 Å². The van der Waals surface area contributed by atoms with E-state index in [1.54, 1.807) is 7.11 Å². The van der Waals surface area contributed by atoms with Gasteiger partial charge in [-0.3, -0.25) is 4.98 Å². The van der Waals surface area contributed by atoms with Crippen molar-refractivity contribution in [1.29, 1.82) is 0 Å². The Morgan fingerprint density at radius 3 is 2.95 bits per heavy atom. The molecular weight excluding hydrogens is 248 g/mol. The van der Waals surface area contributed by atoms with Crippen molar-refractivity contribution in [3.05, 3.63) is 23.5 Å². The first-order valence-electron chi connectivity index (χ1n) is 7.89. The third-order valence-corrected chi connectivity index (χ3v) is 4.30. The van der Waals surface area contributed by atoms with Crippen LogP contribution >= 0.6 is 0 Å². The Labute approximate surface area is 123 Å². The highest BCUT2D eigenvalue weighted by atomic mass is 16.5. The van der Waals surface area contributed by atoms with Crippen LogP contribution in [0.2, 0.25) is 0 Å². The number of aryl methyl sites for hydroxylation is 1. The van der Waals surface area contributed by atoms with Crippen LogP contribution in [0, 0.1) is 18.8 Å². The number of nitrogens with zero attached hydrogens (tertiary/aromatic N) is 1. The number of aromatic nitrogens is 1. The first-order valence-corrected chi connectivity index (χ1v) is 7.89. The molecule has 1 aliphatic rings. The summed E-state index contributed by atoms with van der Waals surface area (Å²) in [4.78, 5) is 4.54. The molecule has 20 heavy (non-hydrogen) atoms. The summed E-state index contributed by atoms with van der Waals surface area (Å²) in [5, 5.41) is 3.52. The van der Waals surface area contributed by atoms with Crippen LogP contribution in [0.4, 0.5) is 0 Å². The van der Waals surface area contributed by atoms with Crippen molar-refractivity contribution in [2.45, 2.75) is 52.5 Å². The van der Waals surface area contributed by atoms with E-state index in [0.29, 0.717) is 0 Å². The standard InChI is InChI=1S/C17H28N2O/c1-13-5-4-6-15(9-13)7-8-18-12-16-11-17(20-3)10-14(2)19-16/h10-11,13,15,18H,4-9,12H2,1-3H3. The Bertz CT molecular complexity index is 419. The largest absolute Gasteiger partial charge is 0.497 e. The molecule has 1 aromatic heterocycles. The van der Waals surface area contributed by atoms with Gasteiger partial charge in [0.25, 0.3) is 0 Å². The summed E-state index contributed by atoms with van der Waals surface area (Å²) in [5.41, 5.74) is 2.08. The van der Waals surface area contributed by atoms with Crippen LogP contribution < -0.4 is 10.1 Å². The summed E-state index contributed by atoms with van der Waals surface area (Å²) in [6.07, 6.45) is 6.98. The Hall–Kier alpha value is -1.09. The van der Waals surface area contributed by atoms with Crippen LogP contribution in [0.25, 0.3) is 0 Å². The summed E-state index contributed by atoms with van der Waals surface area (Å²) < 4.78 is 5.28. The number of methoxy groups -OCH3 is 1. The fraction of sp³-hybridized carbons (Fsp3) is 0.706. The van der Waals surface area contributed by atoms with Crippen LogP contribution in [-0.4, -0.2) is 18.6 Å². The number of nitrogens with one attached hydrogen (secondary N) is 1. The molecule has 1 saturated carbocycles. The molecule has 2 atom stereocenters. The summed E-state index contributed by atoms with van der Waals surface area (Å²) in [6.45, 7) is 6.33. The van der Waals surface area contributed by atoms with Gasteiger partial charge in [0.15, 0.2) is 0 Å². The highest BCUT2D eigenvalue weighted by Gasteiger charge is 2.18. The van der Waals surface area contributed by atoms with Crippen LogP contribution in [0.15, 0.2) is 12.1 Å². The van der Waals surface area contributed by atoms with E-state index < -0.39 is 0 Å². The predicted octanol–water partition coefficient (Wildman–Crippen LogP) is 3.70. The Morgan fingerprint density at radius 1 is 1.35 bits per heavy atom. The van der Waals surface area contributed by atoms with Crippen LogP contribution in [0.3, 0.4) is 0 Å². The minimum absolute atomic E-state index is 0.834. The van der Waals surface area contributed by atoms with E-state index in [4.69, 9.17) is 4.74 Å². The van der Waals surface area contributed by atoms with Crippen molar-refractivity contribution >= 4 is 0 Å². The molecular formula is C17H28N2O. The number of rotatable bonds is 6. The van der Waals surface area contributed by atoms with Gasteiger partial charge in [0.05, 0.1) is 12.8 Å². The Kier molecular flexibility index (Phi) is 5.84. The zero-order chi connectivity index (χ0) is 14.4. The van der Waals surface area contributed by atoms with Gasteiger partial charge in [-0.1, -0.05) is 26.2 Å². The monoisotopic (exact) mass is 276 g/mol. The highest BCUT2D eigenvalue weighted by Crippen LogP contribution is 2.30. The molecule has 0 radical (unpaired) electrons. The molecule has 2 unspecified atom stereocenters. The lowest BCUT2D eigenvalue weighted by Gasteiger charge is -2.26. The maximum atomic E-state index is 5.28. The molecule has 0 aliphatic heterocycles. The number of ether oxygens (including phenoxy) is 1. The zero-order valence-corrected chi connectivity index (χ0v) is 13.1. The van der Waals surface area contributed by atoms with Crippen LogP contribution in [0.1, 0.15) is 50.4 Å². The first-order chi connectivity index (χ1) is 9.67. The lowest BCUT2D eigenvalue weighted by Crippen LogP contribution is -2.21. The molecule has 3 heteroatoms. The van der Waals surface area contributed by atoms with E-state index in [2.05, 4.69) is 17.2 Å². The molecule has 3 nitrogen and oxygen atoms in total. The maximum Gasteiger partial charge on any atom is 0.122 e. The Balaban J connectivity index is 1.71. The van der Waals surface area contributed by atoms with Gasteiger partial charge in [-0.05, 0) is 38.1 Å². The third-order valence-electron chi connectivity index (χ3n) is 4.30. The second-order valence-electron chi connectivity index (χ2n) is 6.24. The zero-order valence-electron chi connectivity index (χ0n) is 13.1. The lowest BCUT2D eigenvalue weighted by atomic mass is 9.81. The highest BCUT2D eigenvalue weighted by molar-refractivity contribution is 5.26. The molecule has 1 fully saturated rings. The maximum absolute atomic E-state index is 5.28. The predicted molar refractivity (Wildman–Crippen MR) is 83.0 cm³/mol. The van der Waals surface area contributed by atoms with E-state index in [-0.39, 0.29) is 0 Å². The van der Waals surface area contributed by atoms with E-state index in [1.165, 1.54) is 32.1 Å². The van der Waals surface area contributed by atoms with Gasteiger partial charge in [-0.2, -0.15) is 0 Å². The van der Waals surface area contributed by atoms with E-state index in [9.17, 15) is 0 Å². The second-order valence-corrected chi connectivity index (χ2v) is 6.24. The summed E-state index contributed by atoms with van der Waals surface area (Å²) in [6, 6.07) is 3.98. The second kappa shape index (κ2) is 7.63. The normalized spacial score (nSPS) is 22.8. The SMILES string of the molecule is COc1cc(C)nc(CNCCC2CCCC(C)C2)c1. The van der Waals surface area contributed by atoms with E-state index in [1.807, 2.05) is 19.1 Å². The van der Waals surface area contributed by atoms with Crippen molar-refractivity contribution in [2.75, 3.05) is 13.7 Å². The number of pyridine rings is 1. The lowest BCUT2D eigenvalue weighted by molar-refractivity contribution is 0.267. The van der Waals surface area contributed by atoms with Gasteiger partial charge >= 0.3 is 0 Å². The molecule has 0 bridgehead atoms. The summed E-state index contributed by atoms with van der Waals surface area (Å²) in [7, 11) is 1.70. The minimum Gasteiger partial charge on any atom is -0.497 e.